The molecule has 2 aromatic rings. The first-order valence-corrected chi connectivity index (χ1v) is 7.60. The number of nitriles is 1. The van der Waals surface area contributed by atoms with Crippen molar-refractivity contribution >= 4 is 23.2 Å². The normalized spacial score (nSPS) is 12.2. The van der Waals surface area contributed by atoms with Gasteiger partial charge in [-0.25, -0.2) is 0 Å². The van der Waals surface area contributed by atoms with Crippen molar-refractivity contribution in [3.05, 3.63) is 64.4 Å². The lowest BCUT2D eigenvalue weighted by atomic mass is 10.0. The number of aliphatic hydroxyl groups excluding tert-OH is 1. The minimum absolute atomic E-state index is 0.218. The molecule has 2 rings (SSSR count). The summed E-state index contributed by atoms with van der Waals surface area (Å²) in [5, 5.41) is 20.4. The number of nitrogens with one attached hydrogen (secondary N) is 1. The molecule has 0 saturated heterocycles. The van der Waals surface area contributed by atoms with E-state index in [4.69, 9.17) is 16.9 Å². The second-order valence-electron chi connectivity index (χ2n) is 5.26. The lowest BCUT2D eigenvalue weighted by molar-refractivity contribution is -0.136. The number of halogens is 4. The molecule has 2 aromatic carbocycles. The summed E-state index contributed by atoms with van der Waals surface area (Å²) >= 11 is 6.02. The monoisotopic (exact) mass is 380 g/mol. The van der Waals surface area contributed by atoms with Gasteiger partial charge in [0.2, 0.25) is 0 Å². The number of aliphatic hydroxyl groups is 1. The Labute approximate surface area is 152 Å². The van der Waals surface area contributed by atoms with Crippen LogP contribution in [0.15, 0.2) is 53.8 Å². The number of carbonyl (C=O) groups is 1. The molecule has 26 heavy (non-hydrogen) atoms. The van der Waals surface area contributed by atoms with Gasteiger partial charge < -0.3 is 10.4 Å². The first kappa shape index (κ1) is 19.3. The number of nitrogens with zero attached hydrogens (tertiary/aromatic N) is 1. The summed E-state index contributed by atoms with van der Waals surface area (Å²) in [5.41, 5.74) is -1.69. The Morgan fingerprint density at radius 2 is 1.88 bits per heavy atom. The Balaban J connectivity index is 2.52. The molecule has 0 saturated carbocycles. The molecular weight excluding hydrogens is 369 g/mol. The smallest absolute Gasteiger partial charge is 0.418 e. The van der Waals surface area contributed by atoms with Crippen LogP contribution < -0.4 is 5.32 Å². The molecule has 1 amide bonds. The van der Waals surface area contributed by atoms with Gasteiger partial charge >= 0.3 is 6.18 Å². The average molecular weight is 381 g/mol. The lowest BCUT2D eigenvalue weighted by Crippen LogP contribution is -2.18. The van der Waals surface area contributed by atoms with Gasteiger partial charge in [0.1, 0.15) is 11.8 Å². The van der Waals surface area contributed by atoms with Crippen molar-refractivity contribution in [3.63, 3.8) is 0 Å². The van der Waals surface area contributed by atoms with E-state index in [1.165, 1.54) is 12.1 Å². The highest BCUT2D eigenvalue weighted by Crippen LogP contribution is 2.39. The van der Waals surface area contributed by atoms with Crippen LogP contribution in [0.4, 0.5) is 18.9 Å². The zero-order chi connectivity index (χ0) is 19.5. The number of allylic oxidation sites excluding steroid dienone is 1. The third-order valence-electron chi connectivity index (χ3n) is 3.46. The van der Waals surface area contributed by atoms with E-state index in [2.05, 4.69) is 0 Å². The molecule has 0 radical (unpaired) electrons. The van der Waals surface area contributed by atoms with Crippen LogP contribution in [-0.4, -0.2) is 11.0 Å². The molecule has 0 spiro atoms. The van der Waals surface area contributed by atoms with Gasteiger partial charge in [0.05, 0.1) is 11.3 Å². The molecule has 8 heteroatoms. The van der Waals surface area contributed by atoms with Gasteiger partial charge in [-0.05, 0) is 30.7 Å². The first-order valence-electron chi connectivity index (χ1n) is 7.22. The quantitative estimate of drug-likeness (QED) is 0.430. The molecule has 0 fully saturated rings. The Morgan fingerprint density at radius 3 is 2.42 bits per heavy atom. The molecule has 0 heterocycles. The van der Waals surface area contributed by atoms with Gasteiger partial charge in [0.15, 0.2) is 5.57 Å². The Bertz CT molecular complexity index is 927. The maximum atomic E-state index is 13.4. The SMILES string of the molecule is C/C(O)=C(\C#N)C(=O)Nc1ccc(-c2ccccc2Cl)cc1C(F)(F)F. The topological polar surface area (TPSA) is 73.1 Å². The van der Waals surface area contributed by atoms with Crippen molar-refractivity contribution in [1.29, 1.82) is 5.26 Å². The summed E-state index contributed by atoms with van der Waals surface area (Å²) in [6, 6.07) is 11.2. The summed E-state index contributed by atoms with van der Waals surface area (Å²) in [4.78, 5) is 11.9. The second kappa shape index (κ2) is 7.50. The molecule has 0 aliphatic rings. The molecule has 0 atom stereocenters. The maximum Gasteiger partial charge on any atom is 0.418 e. The molecule has 4 nitrogen and oxygen atoms in total. The van der Waals surface area contributed by atoms with Gasteiger partial charge in [-0.2, -0.15) is 18.4 Å². The van der Waals surface area contributed by atoms with Gasteiger partial charge in [-0.1, -0.05) is 35.9 Å². The highest BCUT2D eigenvalue weighted by atomic mass is 35.5. The highest BCUT2D eigenvalue weighted by Gasteiger charge is 2.34. The van der Waals surface area contributed by atoms with Crippen LogP contribution in [0.3, 0.4) is 0 Å². The van der Waals surface area contributed by atoms with Crippen molar-refractivity contribution in [3.8, 4) is 17.2 Å². The fourth-order valence-electron chi connectivity index (χ4n) is 2.23. The van der Waals surface area contributed by atoms with E-state index in [-0.39, 0.29) is 10.6 Å². The zero-order valence-electron chi connectivity index (χ0n) is 13.4. The third kappa shape index (κ3) is 4.16. The Morgan fingerprint density at radius 1 is 1.23 bits per heavy atom. The van der Waals surface area contributed by atoms with Gasteiger partial charge in [0.25, 0.3) is 5.91 Å². The fraction of sp³-hybridized carbons (Fsp3) is 0.111. The molecular formula is C18H12ClF3N2O2. The van der Waals surface area contributed by atoms with Gasteiger partial charge in [-0.3, -0.25) is 4.79 Å². The molecule has 0 unspecified atom stereocenters. The highest BCUT2D eigenvalue weighted by molar-refractivity contribution is 6.33. The van der Waals surface area contributed by atoms with Crippen LogP contribution in [0.2, 0.25) is 5.02 Å². The Hall–Kier alpha value is -2.98. The first-order chi connectivity index (χ1) is 12.1. The minimum atomic E-state index is -4.76. The minimum Gasteiger partial charge on any atom is -0.511 e. The van der Waals surface area contributed by atoms with Crippen LogP contribution in [0.5, 0.6) is 0 Å². The number of hydrogen-bond donors (Lipinski definition) is 2. The number of anilines is 1. The number of benzene rings is 2. The van der Waals surface area contributed by atoms with E-state index in [9.17, 15) is 23.1 Å². The fourth-order valence-corrected chi connectivity index (χ4v) is 2.48. The van der Waals surface area contributed by atoms with Crippen molar-refractivity contribution in [2.24, 2.45) is 0 Å². The van der Waals surface area contributed by atoms with Crippen molar-refractivity contribution in [2.45, 2.75) is 13.1 Å². The molecule has 0 aromatic heterocycles. The summed E-state index contributed by atoms with van der Waals surface area (Å²) in [6.07, 6.45) is -4.76. The predicted octanol–water partition coefficient (Wildman–Crippen LogP) is 5.32. The molecule has 0 aliphatic carbocycles. The number of hydrogen-bond acceptors (Lipinski definition) is 3. The van der Waals surface area contributed by atoms with Crippen LogP contribution in [-0.2, 0) is 11.0 Å². The van der Waals surface area contributed by atoms with E-state index in [0.717, 1.165) is 19.1 Å². The average Bonchev–Trinajstić information content (AvgIpc) is 2.55. The molecule has 2 N–H and O–H groups in total. The van der Waals surface area contributed by atoms with Crippen LogP contribution >= 0.6 is 11.6 Å². The van der Waals surface area contributed by atoms with Gasteiger partial charge in [-0.15, -0.1) is 0 Å². The largest absolute Gasteiger partial charge is 0.511 e. The summed E-state index contributed by atoms with van der Waals surface area (Å²) in [6.45, 7) is 1.09. The predicted molar refractivity (Wildman–Crippen MR) is 91.5 cm³/mol. The van der Waals surface area contributed by atoms with E-state index in [1.54, 1.807) is 24.3 Å². The molecule has 0 bridgehead atoms. The summed E-state index contributed by atoms with van der Waals surface area (Å²) in [5.74, 6) is -1.73. The summed E-state index contributed by atoms with van der Waals surface area (Å²) in [7, 11) is 0. The standard InChI is InChI=1S/C18H12ClF3N2O2/c1-10(25)13(9-23)17(26)24-16-7-6-11(8-14(16)18(20,21)22)12-4-2-3-5-15(12)19/h2-8,25H,1H3,(H,24,26)/b13-10-. The Kier molecular flexibility index (Phi) is 5.58. The second-order valence-corrected chi connectivity index (χ2v) is 5.67. The van der Waals surface area contributed by atoms with Crippen molar-refractivity contribution in [1.82, 2.24) is 0 Å². The van der Waals surface area contributed by atoms with E-state index in [1.807, 2.05) is 5.32 Å². The number of carbonyl (C=O) groups excluding carboxylic acids is 1. The van der Waals surface area contributed by atoms with E-state index < -0.39 is 34.7 Å². The lowest BCUT2D eigenvalue weighted by Gasteiger charge is -2.16. The van der Waals surface area contributed by atoms with Crippen molar-refractivity contribution in [2.75, 3.05) is 5.32 Å². The van der Waals surface area contributed by atoms with Crippen LogP contribution in [0.25, 0.3) is 11.1 Å². The van der Waals surface area contributed by atoms with Crippen molar-refractivity contribution < 1.29 is 23.1 Å². The number of rotatable bonds is 3. The maximum absolute atomic E-state index is 13.4. The van der Waals surface area contributed by atoms with Crippen LogP contribution in [0.1, 0.15) is 12.5 Å². The number of amides is 1. The molecule has 134 valence electrons. The van der Waals surface area contributed by atoms with Gasteiger partial charge in [0, 0.05) is 10.6 Å². The van der Waals surface area contributed by atoms with Crippen LogP contribution in [0, 0.1) is 11.3 Å². The summed E-state index contributed by atoms with van der Waals surface area (Å²) < 4.78 is 40.3. The zero-order valence-corrected chi connectivity index (χ0v) is 14.1. The third-order valence-corrected chi connectivity index (χ3v) is 3.79. The molecule has 0 aliphatic heterocycles. The van der Waals surface area contributed by atoms with E-state index in [0.29, 0.717) is 5.56 Å². The number of alkyl halides is 3. The van der Waals surface area contributed by atoms with E-state index >= 15 is 0 Å².